The number of nitrogens with zero attached hydrogens (tertiary/aromatic N) is 3. The topological polar surface area (TPSA) is 47.4 Å². The second-order valence-electron chi connectivity index (χ2n) is 7.54. The highest BCUT2D eigenvalue weighted by atomic mass is 16.5. The first-order chi connectivity index (χ1) is 13.6. The van der Waals surface area contributed by atoms with Crippen LogP contribution in [0.25, 0.3) is 5.69 Å². The highest BCUT2D eigenvalue weighted by Gasteiger charge is 2.33. The third-order valence-corrected chi connectivity index (χ3v) is 5.24. The zero-order valence-corrected chi connectivity index (χ0v) is 16.2. The molecule has 5 heteroatoms. The molecule has 0 radical (unpaired) electrons. The first kappa shape index (κ1) is 18.4. The number of hydrogen-bond acceptors (Lipinski definition) is 3. The zero-order valence-electron chi connectivity index (χ0n) is 16.2. The molecule has 1 amide bonds. The molecule has 1 aliphatic rings. The van der Waals surface area contributed by atoms with Crippen molar-refractivity contribution in [2.45, 2.75) is 26.1 Å². The minimum atomic E-state index is -0.100. The predicted octanol–water partition coefficient (Wildman–Crippen LogP) is 4.11. The molecule has 28 heavy (non-hydrogen) atoms. The summed E-state index contributed by atoms with van der Waals surface area (Å²) in [6, 6.07) is 17.8. The number of carbonyl (C=O) groups excluding carboxylic acids is 1. The van der Waals surface area contributed by atoms with E-state index in [2.05, 4.69) is 31.0 Å². The fourth-order valence-electron chi connectivity index (χ4n) is 3.54. The lowest BCUT2D eigenvalue weighted by Gasteiger charge is -2.40. The van der Waals surface area contributed by atoms with Crippen molar-refractivity contribution in [1.29, 1.82) is 0 Å². The van der Waals surface area contributed by atoms with Crippen molar-refractivity contribution < 1.29 is 9.53 Å². The average Bonchev–Trinajstić information content (AvgIpc) is 3.28. The van der Waals surface area contributed by atoms with Gasteiger partial charge in [-0.05, 0) is 35.7 Å². The Balaban J connectivity index is 1.55. The number of carbonyl (C=O) groups is 1. The van der Waals surface area contributed by atoms with Crippen molar-refractivity contribution in [3.8, 4) is 5.69 Å². The lowest BCUT2D eigenvalue weighted by atomic mass is 10.0. The molecule has 0 bridgehead atoms. The van der Waals surface area contributed by atoms with E-state index in [1.807, 2.05) is 58.1 Å². The Morgan fingerprint density at radius 1 is 1.07 bits per heavy atom. The van der Waals surface area contributed by atoms with Gasteiger partial charge in [0.2, 0.25) is 0 Å². The first-order valence-corrected chi connectivity index (χ1v) is 9.70. The van der Waals surface area contributed by atoms with Gasteiger partial charge in [0, 0.05) is 30.2 Å². The van der Waals surface area contributed by atoms with E-state index in [1.54, 1.807) is 12.5 Å². The average molecular weight is 375 g/mol. The maximum absolute atomic E-state index is 13.2. The second-order valence-corrected chi connectivity index (χ2v) is 7.54. The maximum Gasteiger partial charge on any atom is 0.254 e. The van der Waals surface area contributed by atoms with Crippen LogP contribution < -0.4 is 0 Å². The number of rotatable bonds is 4. The molecule has 144 valence electrons. The van der Waals surface area contributed by atoms with Crippen molar-refractivity contribution in [2.75, 3.05) is 13.1 Å². The van der Waals surface area contributed by atoms with Crippen molar-refractivity contribution in [3.63, 3.8) is 0 Å². The summed E-state index contributed by atoms with van der Waals surface area (Å²) in [6.07, 6.45) is 5.29. The third-order valence-electron chi connectivity index (χ3n) is 5.24. The number of imidazole rings is 1. The molecule has 5 nitrogen and oxygen atoms in total. The zero-order chi connectivity index (χ0) is 19.5. The van der Waals surface area contributed by atoms with E-state index < -0.39 is 0 Å². The molecule has 0 aliphatic carbocycles. The standard InChI is InChI=1S/C23H25N3O2/c1-17(2)21-14-26(15-22(28-21)18-6-4-3-5-7-18)23(27)19-8-10-20(11-9-19)25-13-12-24-16-25/h3-13,16-17,21-22H,14-15H2,1-2H3/t21-,22+/m1/s1. The van der Waals surface area contributed by atoms with Crippen molar-refractivity contribution in [2.24, 2.45) is 5.92 Å². The van der Waals surface area contributed by atoms with E-state index in [1.165, 1.54) is 0 Å². The van der Waals surface area contributed by atoms with Crippen LogP contribution >= 0.6 is 0 Å². The molecule has 2 atom stereocenters. The molecule has 0 N–H and O–H groups in total. The van der Waals surface area contributed by atoms with Gasteiger partial charge in [0.1, 0.15) is 6.10 Å². The number of morpholine rings is 1. The Hall–Kier alpha value is -2.92. The second kappa shape index (κ2) is 7.98. The molecule has 1 saturated heterocycles. The maximum atomic E-state index is 13.2. The van der Waals surface area contributed by atoms with E-state index in [-0.39, 0.29) is 18.1 Å². The van der Waals surface area contributed by atoms with Gasteiger partial charge in [-0.25, -0.2) is 4.98 Å². The van der Waals surface area contributed by atoms with E-state index >= 15 is 0 Å². The highest BCUT2D eigenvalue weighted by molar-refractivity contribution is 5.94. The fraction of sp³-hybridized carbons (Fsp3) is 0.304. The summed E-state index contributed by atoms with van der Waals surface area (Å²) in [5, 5.41) is 0. The van der Waals surface area contributed by atoms with Crippen LogP contribution in [-0.4, -0.2) is 39.6 Å². The van der Waals surface area contributed by atoms with Crippen LogP contribution in [-0.2, 0) is 4.74 Å². The lowest BCUT2D eigenvalue weighted by Crippen LogP contribution is -2.48. The quantitative estimate of drug-likeness (QED) is 0.689. The third kappa shape index (κ3) is 3.85. The molecule has 0 spiro atoms. The number of aromatic nitrogens is 2. The Bertz CT molecular complexity index is 905. The van der Waals surface area contributed by atoms with Crippen LogP contribution in [0.2, 0.25) is 0 Å². The van der Waals surface area contributed by atoms with Gasteiger partial charge in [0.15, 0.2) is 0 Å². The normalized spacial score (nSPS) is 19.8. The molecular weight excluding hydrogens is 350 g/mol. The van der Waals surface area contributed by atoms with E-state index in [4.69, 9.17) is 4.74 Å². The van der Waals surface area contributed by atoms with Gasteiger partial charge in [-0.1, -0.05) is 44.2 Å². The van der Waals surface area contributed by atoms with Gasteiger partial charge in [0.05, 0.1) is 19.0 Å². The summed E-state index contributed by atoms with van der Waals surface area (Å²) in [4.78, 5) is 19.2. The number of amides is 1. The number of hydrogen-bond donors (Lipinski definition) is 0. The summed E-state index contributed by atoms with van der Waals surface area (Å²) in [5.41, 5.74) is 2.79. The molecule has 0 unspecified atom stereocenters. The monoisotopic (exact) mass is 375 g/mol. The van der Waals surface area contributed by atoms with Crippen molar-refractivity contribution in [1.82, 2.24) is 14.5 Å². The van der Waals surface area contributed by atoms with Crippen LogP contribution in [0.5, 0.6) is 0 Å². The van der Waals surface area contributed by atoms with Crippen LogP contribution in [0.1, 0.15) is 35.9 Å². The van der Waals surface area contributed by atoms with Gasteiger partial charge < -0.3 is 14.2 Å². The molecule has 1 aliphatic heterocycles. The van der Waals surface area contributed by atoms with E-state index in [9.17, 15) is 4.79 Å². The van der Waals surface area contributed by atoms with Crippen LogP contribution in [0, 0.1) is 5.92 Å². The van der Waals surface area contributed by atoms with Gasteiger partial charge in [-0.3, -0.25) is 4.79 Å². The molecular formula is C23H25N3O2. The summed E-state index contributed by atoms with van der Waals surface area (Å²) >= 11 is 0. The largest absolute Gasteiger partial charge is 0.366 e. The molecule has 1 aromatic heterocycles. The minimum Gasteiger partial charge on any atom is -0.366 e. The van der Waals surface area contributed by atoms with Crippen LogP contribution in [0.4, 0.5) is 0 Å². The van der Waals surface area contributed by atoms with E-state index in [0.717, 1.165) is 11.3 Å². The smallest absolute Gasteiger partial charge is 0.254 e. The predicted molar refractivity (Wildman–Crippen MR) is 108 cm³/mol. The minimum absolute atomic E-state index is 0.0214. The molecule has 1 fully saturated rings. The van der Waals surface area contributed by atoms with E-state index in [0.29, 0.717) is 24.6 Å². The number of ether oxygens (including phenoxy) is 1. The summed E-state index contributed by atoms with van der Waals surface area (Å²) < 4.78 is 8.23. The summed E-state index contributed by atoms with van der Waals surface area (Å²) in [5.74, 6) is 0.387. The first-order valence-electron chi connectivity index (χ1n) is 9.70. The van der Waals surface area contributed by atoms with Gasteiger partial charge >= 0.3 is 0 Å². The molecule has 3 aromatic rings. The summed E-state index contributed by atoms with van der Waals surface area (Å²) in [6.45, 7) is 5.46. The van der Waals surface area contributed by atoms with Crippen LogP contribution in [0.15, 0.2) is 73.3 Å². The fourth-order valence-corrected chi connectivity index (χ4v) is 3.54. The Morgan fingerprint density at radius 3 is 2.46 bits per heavy atom. The Labute approximate surface area is 165 Å². The number of benzene rings is 2. The van der Waals surface area contributed by atoms with Crippen molar-refractivity contribution >= 4 is 5.91 Å². The van der Waals surface area contributed by atoms with Gasteiger partial charge in [-0.15, -0.1) is 0 Å². The Morgan fingerprint density at radius 2 is 1.82 bits per heavy atom. The van der Waals surface area contributed by atoms with Crippen molar-refractivity contribution in [3.05, 3.63) is 84.4 Å². The molecule has 0 saturated carbocycles. The highest BCUT2D eigenvalue weighted by Crippen LogP contribution is 2.29. The SMILES string of the molecule is CC(C)[C@H]1CN(C(=O)c2ccc(-n3ccnc3)cc2)C[C@@H](c2ccccc2)O1. The Kier molecular flexibility index (Phi) is 5.26. The molecule has 2 aromatic carbocycles. The molecule has 4 rings (SSSR count). The van der Waals surface area contributed by atoms with Gasteiger partial charge in [0.25, 0.3) is 5.91 Å². The summed E-state index contributed by atoms with van der Waals surface area (Å²) in [7, 11) is 0. The van der Waals surface area contributed by atoms with Gasteiger partial charge in [-0.2, -0.15) is 0 Å². The molecule has 2 heterocycles. The van der Waals surface area contributed by atoms with Crippen LogP contribution in [0.3, 0.4) is 0 Å². The lowest BCUT2D eigenvalue weighted by molar-refractivity contribution is -0.0954.